The second-order valence-electron chi connectivity index (χ2n) is 6.63. The lowest BCUT2D eigenvalue weighted by Crippen LogP contribution is -2.50. The van der Waals surface area contributed by atoms with Gasteiger partial charge in [0.2, 0.25) is 5.91 Å². The van der Waals surface area contributed by atoms with E-state index in [1.54, 1.807) is 0 Å². The second-order valence-corrected chi connectivity index (χ2v) is 6.63. The summed E-state index contributed by atoms with van der Waals surface area (Å²) >= 11 is 0. The third kappa shape index (κ3) is 4.18. The zero-order valence-corrected chi connectivity index (χ0v) is 12.5. The van der Waals surface area contributed by atoms with Gasteiger partial charge in [-0.15, -0.1) is 0 Å². The first-order valence-electron chi connectivity index (χ1n) is 7.82. The molecule has 4 nitrogen and oxygen atoms in total. The van der Waals surface area contributed by atoms with Crippen molar-refractivity contribution in [3.63, 3.8) is 0 Å². The van der Waals surface area contributed by atoms with Crippen LogP contribution in [0.3, 0.4) is 0 Å². The van der Waals surface area contributed by atoms with Gasteiger partial charge in [0.15, 0.2) is 0 Å². The van der Waals surface area contributed by atoms with Gasteiger partial charge in [0.25, 0.3) is 0 Å². The van der Waals surface area contributed by atoms with Crippen LogP contribution in [0, 0.1) is 11.8 Å². The van der Waals surface area contributed by atoms with Crippen LogP contribution < -0.4 is 5.73 Å². The predicted molar refractivity (Wildman–Crippen MR) is 77.8 cm³/mol. The summed E-state index contributed by atoms with van der Waals surface area (Å²) < 4.78 is 0. The lowest BCUT2D eigenvalue weighted by atomic mass is 9.99. The summed E-state index contributed by atoms with van der Waals surface area (Å²) in [6.07, 6.45) is 4.10. The SMILES string of the molecule is CC(C)CN1CCN(C(=O)C[C@@H]2CCC[C@H]2N)CC1. The molecule has 4 heteroatoms. The molecule has 1 amide bonds. The molecule has 1 heterocycles. The van der Waals surface area contributed by atoms with Crippen molar-refractivity contribution < 1.29 is 4.79 Å². The molecule has 110 valence electrons. The fraction of sp³-hybridized carbons (Fsp3) is 0.933. The van der Waals surface area contributed by atoms with Crippen molar-refractivity contribution in [3.8, 4) is 0 Å². The highest BCUT2D eigenvalue weighted by Gasteiger charge is 2.29. The Labute approximate surface area is 117 Å². The summed E-state index contributed by atoms with van der Waals surface area (Å²) in [6.45, 7) is 9.50. The summed E-state index contributed by atoms with van der Waals surface area (Å²) in [5.41, 5.74) is 6.05. The molecule has 0 aromatic rings. The maximum atomic E-state index is 12.3. The number of amides is 1. The quantitative estimate of drug-likeness (QED) is 0.835. The monoisotopic (exact) mass is 267 g/mol. The largest absolute Gasteiger partial charge is 0.340 e. The first kappa shape index (κ1) is 14.8. The molecule has 0 bridgehead atoms. The molecule has 0 unspecified atom stereocenters. The van der Waals surface area contributed by atoms with Gasteiger partial charge in [-0.05, 0) is 24.7 Å². The first-order valence-corrected chi connectivity index (χ1v) is 7.82. The van der Waals surface area contributed by atoms with E-state index >= 15 is 0 Å². The third-order valence-electron chi connectivity index (χ3n) is 4.50. The Morgan fingerprint density at radius 2 is 1.89 bits per heavy atom. The van der Waals surface area contributed by atoms with Crippen LogP contribution in [0.5, 0.6) is 0 Å². The Bertz CT molecular complexity index is 298. The van der Waals surface area contributed by atoms with Crippen LogP contribution in [-0.4, -0.2) is 54.5 Å². The standard InChI is InChI=1S/C15H29N3O/c1-12(2)11-17-6-8-18(9-7-17)15(19)10-13-4-3-5-14(13)16/h12-14H,3-11,16H2,1-2H3/t13-,14+/m0/s1. The normalized spacial score (nSPS) is 29.2. The molecule has 0 spiro atoms. The van der Waals surface area contributed by atoms with Gasteiger partial charge in [-0.25, -0.2) is 0 Å². The van der Waals surface area contributed by atoms with Crippen molar-refractivity contribution in [2.24, 2.45) is 17.6 Å². The molecule has 2 aliphatic rings. The first-order chi connectivity index (χ1) is 9.06. The molecular weight excluding hydrogens is 238 g/mol. The van der Waals surface area contributed by atoms with Crippen molar-refractivity contribution in [2.45, 2.75) is 45.6 Å². The number of hydrogen-bond acceptors (Lipinski definition) is 3. The van der Waals surface area contributed by atoms with E-state index in [0.29, 0.717) is 24.2 Å². The van der Waals surface area contributed by atoms with E-state index in [4.69, 9.17) is 5.73 Å². The van der Waals surface area contributed by atoms with Gasteiger partial charge in [0, 0.05) is 45.2 Å². The van der Waals surface area contributed by atoms with Crippen molar-refractivity contribution in [1.82, 2.24) is 9.80 Å². The molecule has 2 atom stereocenters. The average molecular weight is 267 g/mol. The summed E-state index contributed by atoms with van der Waals surface area (Å²) in [5.74, 6) is 1.46. The highest BCUT2D eigenvalue weighted by molar-refractivity contribution is 5.76. The summed E-state index contributed by atoms with van der Waals surface area (Å²) in [7, 11) is 0. The molecule has 1 saturated carbocycles. The van der Waals surface area contributed by atoms with E-state index in [9.17, 15) is 4.79 Å². The van der Waals surface area contributed by atoms with E-state index in [1.807, 2.05) is 4.90 Å². The minimum atomic E-state index is 0.256. The van der Waals surface area contributed by atoms with E-state index < -0.39 is 0 Å². The van der Waals surface area contributed by atoms with E-state index in [1.165, 1.54) is 6.42 Å². The molecule has 1 aliphatic heterocycles. The summed E-state index contributed by atoms with van der Waals surface area (Å²) in [4.78, 5) is 16.8. The number of carbonyl (C=O) groups excluding carboxylic acids is 1. The van der Waals surface area contributed by atoms with Gasteiger partial charge in [-0.2, -0.15) is 0 Å². The second kappa shape index (κ2) is 6.71. The number of nitrogens with two attached hydrogens (primary N) is 1. The van der Waals surface area contributed by atoms with Crippen LogP contribution in [0.2, 0.25) is 0 Å². The van der Waals surface area contributed by atoms with Crippen molar-refractivity contribution in [2.75, 3.05) is 32.7 Å². The molecule has 0 aromatic heterocycles. The Morgan fingerprint density at radius 1 is 1.21 bits per heavy atom. The van der Waals surface area contributed by atoms with Crippen molar-refractivity contribution >= 4 is 5.91 Å². The highest BCUT2D eigenvalue weighted by atomic mass is 16.2. The van der Waals surface area contributed by atoms with E-state index in [0.717, 1.165) is 45.6 Å². The molecule has 2 N–H and O–H groups in total. The molecule has 19 heavy (non-hydrogen) atoms. The minimum Gasteiger partial charge on any atom is -0.340 e. The van der Waals surface area contributed by atoms with Crippen LogP contribution in [0.1, 0.15) is 39.5 Å². The van der Waals surface area contributed by atoms with Crippen LogP contribution >= 0.6 is 0 Å². The smallest absolute Gasteiger partial charge is 0.222 e. The lowest BCUT2D eigenvalue weighted by Gasteiger charge is -2.36. The summed E-state index contributed by atoms with van der Waals surface area (Å²) in [6, 6.07) is 0.256. The number of carbonyl (C=O) groups is 1. The average Bonchev–Trinajstić information content (AvgIpc) is 2.75. The Hall–Kier alpha value is -0.610. The minimum absolute atomic E-state index is 0.256. The van der Waals surface area contributed by atoms with Gasteiger partial charge in [-0.3, -0.25) is 9.69 Å². The maximum Gasteiger partial charge on any atom is 0.222 e. The van der Waals surface area contributed by atoms with Gasteiger partial charge in [-0.1, -0.05) is 20.3 Å². The number of hydrogen-bond donors (Lipinski definition) is 1. The number of rotatable bonds is 4. The number of piperazine rings is 1. The molecular formula is C15H29N3O. The van der Waals surface area contributed by atoms with Crippen LogP contribution in [0.4, 0.5) is 0 Å². The molecule has 1 aliphatic carbocycles. The van der Waals surface area contributed by atoms with Gasteiger partial charge < -0.3 is 10.6 Å². The van der Waals surface area contributed by atoms with Gasteiger partial charge >= 0.3 is 0 Å². The van der Waals surface area contributed by atoms with Crippen molar-refractivity contribution in [1.29, 1.82) is 0 Å². The Morgan fingerprint density at radius 3 is 2.42 bits per heavy atom. The topological polar surface area (TPSA) is 49.6 Å². The van der Waals surface area contributed by atoms with Crippen LogP contribution in [0.15, 0.2) is 0 Å². The molecule has 2 rings (SSSR count). The zero-order valence-electron chi connectivity index (χ0n) is 12.5. The van der Waals surface area contributed by atoms with Crippen molar-refractivity contribution in [3.05, 3.63) is 0 Å². The zero-order chi connectivity index (χ0) is 13.8. The molecule has 0 aromatic carbocycles. The lowest BCUT2D eigenvalue weighted by molar-refractivity contribution is -0.134. The van der Waals surface area contributed by atoms with E-state index in [2.05, 4.69) is 18.7 Å². The summed E-state index contributed by atoms with van der Waals surface area (Å²) in [5, 5.41) is 0. The molecule has 1 saturated heterocycles. The predicted octanol–water partition coefficient (Wildman–Crippen LogP) is 1.30. The highest BCUT2D eigenvalue weighted by Crippen LogP contribution is 2.27. The van der Waals surface area contributed by atoms with Gasteiger partial charge in [0.05, 0.1) is 0 Å². The molecule has 0 radical (unpaired) electrons. The maximum absolute atomic E-state index is 12.3. The van der Waals surface area contributed by atoms with Gasteiger partial charge in [0.1, 0.15) is 0 Å². The Kier molecular flexibility index (Phi) is 5.22. The molecule has 2 fully saturated rings. The fourth-order valence-electron chi connectivity index (χ4n) is 3.37. The van der Waals surface area contributed by atoms with Crippen LogP contribution in [-0.2, 0) is 4.79 Å². The fourth-order valence-corrected chi connectivity index (χ4v) is 3.37. The Balaban J connectivity index is 1.73. The van der Waals surface area contributed by atoms with Crippen LogP contribution in [0.25, 0.3) is 0 Å². The van der Waals surface area contributed by atoms with E-state index in [-0.39, 0.29) is 6.04 Å². The third-order valence-corrected chi connectivity index (χ3v) is 4.50. The number of nitrogens with zero attached hydrogens (tertiary/aromatic N) is 2.